The summed E-state index contributed by atoms with van der Waals surface area (Å²) in [7, 11) is 3.00. The molecule has 3 rings (SSSR count). The van der Waals surface area contributed by atoms with Crippen LogP contribution in [0.3, 0.4) is 0 Å². The number of aliphatic hydroxyl groups excluding tert-OH is 1. The summed E-state index contributed by atoms with van der Waals surface area (Å²) in [5.41, 5.74) is 0.885. The molecule has 8 heteroatoms. The Bertz CT molecular complexity index is 989. The third kappa shape index (κ3) is 4.10. The highest BCUT2D eigenvalue weighted by atomic mass is 35.5. The first-order valence-electron chi connectivity index (χ1n) is 8.75. The summed E-state index contributed by atoms with van der Waals surface area (Å²) >= 11 is 12.2. The molecule has 0 bridgehead atoms. The van der Waals surface area contributed by atoms with Gasteiger partial charge in [-0.05, 0) is 29.8 Å². The van der Waals surface area contributed by atoms with Crippen LogP contribution in [0.2, 0.25) is 10.0 Å². The van der Waals surface area contributed by atoms with E-state index >= 15 is 0 Å². The molecule has 1 atom stereocenters. The van der Waals surface area contributed by atoms with E-state index in [0.717, 1.165) is 0 Å². The van der Waals surface area contributed by atoms with Gasteiger partial charge >= 0.3 is 0 Å². The smallest absolute Gasteiger partial charge is 0.295 e. The van der Waals surface area contributed by atoms with Gasteiger partial charge in [-0.2, -0.15) is 0 Å². The van der Waals surface area contributed by atoms with Gasteiger partial charge in [0.2, 0.25) is 0 Å². The molecule has 1 aliphatic rings. The number of nitrogens with zero attached hydrogens (tertiary/aromatic N) is 1. The Kier molecular flexibility index (Phi) is 6.47. The van der Waals surface area contributed by atoms with Crippen LogP contribution in [-0.4, -0.2) is 49.1 Å². The number of benzene rings is 2. The molecular weight excluding hydrogens is 417 g/mol. The quantitative estimate of drug-likeness (QED) is 0.420. The van der Waals surface area contributed by atoms with Crippen molar-refractivity contribution in [1.29, 1.82) is 0 Å². The minimum Gasteiger partial charge on any atom is -0.507 e. The normalized spacial score (nSPS) is 18.3. The Morgan fingerprint density at radius 1 is 1.10 bits per heavy atom. The van der Waals surface area contributed by atoms with E-state index in [1.165, 1.54) is 19.1 Å². The number of hydrogen-bond acceptors (Lipinski definition) is 5. The zero-order valence-corrected chi connectivity index (χ0v) is 17.3. The van der Waals surface area contributed by atoms with Crippen molar-refractivity contribution in [3.63, 3.8) is 0 Å². The molecule has 152 valence electrons. The monoisotopic (exact) mass is 435 g/mol. The van der Waals surface area contributed by atoms with Crippen LogP contribution >= 0.6 is 23.2 Å². The van der Waals surface area contributed by atoms with E-state index in [1.807, 2.05) is 0 Å². The molecule has 1 fully saturated rings. The van der Waals surface area contributed by atoms with Gasteiger partial charge in [-0.15, -0.1) is 0 Å². The summed E-state index contributed by atoms with van der Waals surface area (Å²) < 4.78 is 10.3. The number of methoxy groups -OCH3 is 2. The molecule has 1 amide bonds. The fourth-order valence-corrected chi connectivity index (χ4v) is 3.56. The predicted octanol–water partition coefficient (Wildman–Crippen LogP) is 4.07. The van der Waals surface area contributed by atoms with Crippen LogP contribution < -0.4 is 4.74 Å². The van der Waals surface area contributed by atoms with Gasteiger partial charge in [0.15, 0.2) is 0 Å². The second-order valence-electron chi connectivity index (χ2n) is 6.39. The lowest BCUT2D eigenvalue weighted by Crippen LogP contribution is -2.32. The third-order valence-corrected chi connectivity index (χ3v) is 5.42. The maximum Gasteiger partial charge on any atom is 0.295 e. The zero-order chi connectivity index (χ0) is 21.1. The number of Topliss-reactive ketones (excluding diaryl/α,β-unsaturated/α-hetero) is 1. The van der Waals surface area contributed by atoms with Crippen molar-refractivity contribution in [3.8, 4) is 5.75 Å². The number of ether oxygens (including phenoxy) is 2. The Hall–Kier alpha value is -2.54. The summed E-state index contributed by atoms with van der Waals surface area (Å²) in [5.74, 6) is -1.29. The minimum atomic E-state index is -0.828. The van der Waals surface area contributed by atoms with E-state index < -0.39 is 17.7 Å². The molecule has 0 aromatic heterocycles. The molecule has 0 radical (unpaired) electrons. The Morgan fingerprint density at radius 2 is 1.86 bits per heavy atom. The van der Waals surface area contributed by atoms with Crippen LogP contribution in [0.5, 0.6) is 5.75 Å². The van der Waals surface area contributed by atoms with Gasteiger partial charge < -0.3 is 19.5 Å². The minimum absolute atomic E-state index is 0.0299. The highest BCUT2D eigenvalue weighted by Crippen LogP contribution is 2.41. The highest BCUT2D eigenvalue weighted by molar-refractivity contribution is 6.46. The maximum atomic E-state index is 12.8. The number of likely N-dealkylation sites (tertiary alicyclic amines) is 1. The van der Waals surface area contributed by atoms with Crippen molar-refractivity contribution >= 4 is 40.7 Å². The van der Waals surface area contributed by atoms with Gasteiger partial charge in [0, 0.05) is 19.2 Å². The zero-order valence-electron chi connectivity index (χ0n) is 15.8. The first-order chi connectivity index (χ1) is 13.9. The molecule has 1 unspecified atom stereocenters. The van der Waals surface area contributed by atoms with E-state index in [4.69, 9.17) is 32.7 Å². The lowest BCUT2D eigenvalue weighted by atomic mass is 9.95. The summed E-state index contributed by atoms with van der Waals surface area (Å²) in [6, 6.07) is 10.6. The number of rotatable bonds is 6. The van der Waals surface area contributed by atoms with Gasteiger partial charge in [-0.3, -0.25) is 9.59 Å². The van der Waals surface area contributed by atoms with Crippen molar-refractivity contribution in [2.24, 2.45) is 0 Å². The number of carbonyl (C=O) groups excluding carboxylic acids is 2. The molecule has 0 aliphatic carbocycles. The molecule has 2 aromatic carbocycles. The molecule has 1 heterocycles. The number of halogens is 2. The first-order valence-corrected chi connectivity index (χ1v) is 9.51. The van der Waals surface area contributed by atoms with Crippen LogP contribution in [0, 0.1) is 0 Å². The van der Waals surface area contributed by atoms with Crippen molar-refractivity contribution in [1.82, 2.24) is 4.90 Å². The standard InChI is InChI=1S/C21H19Cl2NO5/c1-28-9-8-24-18(12-6-7-15(22)16(23)11-12)17(20(26)21(24)27)19(25)13-4-3-5-14(10-13)29-2/h3-7,10-11,18,25H,8-9H2,1-2H3/b19-17+. The average molecular weight is 436 g/mol. The second kappa shape index (κ2) is 8.86. The summed E-state index contributed by atoms with van der Waals surface area (Å²) in [6.45, 7) is 0.394. The molecule has 1 N–H and O–H groups in total. The first kappa shape index (κ1) is 21.2. The van der Waals surface area contributed by atoms with Crippen LogP contribution in [0.4, 0.5) is 0 Å². The van der Waals surface area contributed by atoms with Crippen LogP contribution in [-0.2, 0) is 14.3 Å². The Labute approximate surface area is 178 Å². The number of aliphatic hydroxyl groups is 1. The molecule has 6 nitrogen and oxygen atoms in total. The topological polar surface area (TPSA) is 76.1 Å². The van der Waals surface area contributed by atoms with E-state index in [0.29, 0.717) is 21.9 Å². The molecule has 29 heavy (non-hydrogen) atoms. The third-order valence-electron chi connectivity index (χ3n) is 4.68. The molecule has 2 aromatic rings. The van der Waals surface area contributed by atoms with E-state index in [-0.39, 0.29) is 29.5 Å². The van der Waals surface area contributed by atoms with Crippen molar-refractivity contribution < 1.29 is 24.2 Å². The average Bonchev–Trinajstić information content (AvgIpc) is 2.98. The molecule has 0 saturated carbocycles. The van der Waals surface area contributed by atoms with E-state index in [2.05, 4.69) is 0 Å². The largest absolute Gasteiger partial charge is 0.507 e. The summed E-state index contributed by atoms with van der Waals surface area (Å²) in [4.78, 5) is 26.9. The Morgan fingerprint density at radius 3 is 2.52 bits per heavy atom. The van der Waals surface area contributed by atoms with Crippen molar-refractivity contribution in [3.05, 3.63) is 69.2 Å². The van der Waals surface area contributed by atoms with Crippen molar-refractivity contribution in [2.45, 2.75) is 6.04 Å². The van der Waals surface area contributed by atoms with Gasteiger partial charge in [0.05, 0.1) is 35.4 Å². The lowest BCUT2D eigenvalue weighted by molar-refractivity contribution is -0.140. The van der Waals surface area contributed by atoms with E-state index in [1.54, 1.807) is 42.5 Å². The molecule has 1 aliphatic heterocycles. The molecule has 1 saturated heterocycles. The van der Waals surface area contributed by atoms with Gasteiger partial charge in [0.1, 0.15) is 11.5 Å². The SMILES string of the molecule is COCCN1C(=O)C(=O)/C(=C(/O)c2cccc(OC)c2)C1c1ccc(Cl)c(Cl)c1. The highest BCUT2D eigenvalue weighted by Gasteiger charge is 2.46. The number of hydrogen-bond donors (Lipinski definition) is 1. The molecule has 0 spiro atoms. The van der Waals surface area contributed by atoms with Crippen molar-refractivity contribution in [2.75, 3.05) is 27.4 Å². The fraction of sp³-hybridized carbons (Fsp3) is 0.238. The summed E-state index contributed by atoms with van der Waals surface area (Å²) in [6.07, 6.45) is 0. The number of amides is 1. The lowest BCUT2D eigenvalue weighted by Gasteiger charge is -2.25. The molecular formula is C21H19Cl2NO5. The number of carbonyl (C=O) groups is 2. The van der Waals surface area contributed by atoms with Crippen LogP contribution in [0.1, 0.15) is 17.2 Å². The maximum absolute atomic E-state index is 12.8. The summed E-state index contributed by atoms with van der Waals surface area (Å²) in [5, 5.41) is 11.6. The second-order valence-corrected chi connectivity index (χ2v) is 7.21. The van der Waals surface area contributed by atoms with Crippen LogP contribution in [0.25, 0.3) is 5.76 Å². The van der Waals surface area contributed by atoms with Gasteiger partial charge in [-0.25, -0.2) is 0 Å². The van der Waals surface area contributed by atoms with E-state index in [9.17, 15) is 14.7 Å². The van der Waals surface area contributed by atoms with Gasteiger partial charge in [0.25, 0.3) is 11.7 Å². The number of ketones is 1. The van der Waals surface area contributed by atoms with Crippen LogP contribution in [0.15, 0.2) is 48.0 Å². The van der Waals surface area contributed by atoms with Gasteiger partial charge in [-0.1, -0.05) is 41.4 Å². The fourth-order valence-electron chi connectivity index (χ4n) is 3.26. The Balaban J connectivity index is 2.19. The predicted molar refractivity (Wildman–Crippen MR) is 110 cm³/mol.